The lowest BCUT2D eigenvalue weighted by Crippen LogP contribution is -2.64. The standard InChI is InChI=1S/C30H40O8/c1-9-16(3)23(32)20-12-11-18(5)29(8)25(20)28(7,19(6)24(33)26(29)34)13-21(38-27(35)17(4)10-2)30(36)14-22(31)37-15-30/h9-10,20-21,25-26,34,36H,5-6,11-15H2,1-4,7-8H3/b16-9+,17-10+/t20-,21+,25+,26-,28-,29-,30+/m0/s1. The number of cyclic esters (lactones) is 1. The number of aliphatic hydroxyl groups excluding tert-OH is 1. The van der Waals surface area contributed by atoms with E-state index >= 15 is 0 Å². The molecule has 1 heterocycles. The molecule has 0 aromatic carbocycles. The molecule has 2 aliphatic carbocycles. The number of carbonyl (C=O) groups excluding carboxylic acids is 4. The van der Waals surface area contributed by atoms with Gasteiger partial charge in [0.1, 0.15) is 24.4 Å². The van der Waals surface area contributed by atoms with Crippen molar-refractivity contribution in [3.63, 3.8) is 0 Å². The van der Waals surface area contributed by atoms with Gasteiger partial charge in [-0.3, -0.25) is 14.4 Å². The van der Waals surface area contributed by atoms with Crippen LogP contribution in [-0.4, -0.2) is 58.1 Å². The largest absolute Gasteiger partial charge is 0.462 e. The highest BCUT2D eigenvalue weighted by atomic mass is 16.6. The van der Waals surface area contributed by atoms with Gasteiger partial charge in [-0.05, 0) is 64.0 Å². The van der Waals surface area contributed by atoms with Crippen LogP contribution in [0.1, 0.15) is 67.2 Å². The summed E-state index contributed by atoms with van der Waals surface area (Å²) in [6.45, 7) is 18.1. The Balaban J connectivity index is 2.21. The number of carbonyl (C=O) groups is 4. The van der Waals surface area contributed by atoms with Crippen molar-refractivity contribution in [2.24, 2.45) is 22.7 Å². The minimum absolute atomic E-state index is 0.0794. The van der Waals surface area contributed by atoms with Gasteiger partial charge in [0.15, 0.2) is 11.6 Å². The van der Waals surface area contributed by atoms with Gasteiger partial charge in [0.2, 0.25) is 0 Å². The smallest absolute Gasteiger partial charge is 0.333 e. The molecule has 0 unspecified atom stereocenters. The van der Waals surface area contributed by atoms with E-state index in [9.17, 15) is 29.4 Å². The number of ether oxygens (including phenoxy) is 2. The number of hydrogen-bond donors (Lipinski definition) is 2. The van der Waals surface area contributed by atoms with Crippen LogP contribution in [0.5, 0.6) is 0 Å². The maximum absolute atomic E-state index is 13.7. The van der Waals surface area contributed by atoms with Crippen molar-refractivity contribution in [1.82, 2.24) is 0 Å². The molecule has 208 valence electrons. The number of esters is 2. The molecule has 2 N–H and O–H groups in total. The first-order valence-corrected chi connectivity index (χ1v) is 13.1. The molecule has 0 radical (unpaired) electrons. The van der Waals surface area contributed by atoms with E-state index in [1.165, 1.54) is 0 Å². The summed E-state index contributed by atoms with van der Waals surface area (Å²) in [6, 6.07) is 0. The lowest BCUT2D eigenvalue weighted by molar-refractivity contribution is -0.175. The number of allylic oxidation sites excluding steroid dienone is 3. The van der Waals surface area contributed by atoms with E-state index in [-0.39, 0.29) is 24.4 Å². The average Bonchev–Trinajstić information content (AvgIpc) is 3.25. The Morgan fingerprint density at radius 3 is 2.29 bits per heavy atom. The minimum Gasteiger partial charge on any atom is -0.462 e. The Hall–Kier alpha value is -2.84. The fourth-order valence-electron chi connectivity index (χ4n) is 6.58. The first kappa shape index (κ1) is 29.7. The van der Waals surface area contributed by atoms with Crippen molar-refractivity contribution in [3.05, 3.63) is 47.6 Å². The quantitative estimate of drug-likeness (QED) is 0.292. The first-order chi connectivity index (χ1) is 17.6. The van der Waals surface area contributed by atoms with Crippen molar-refractivity contribution in [1.29, 1.82) is 0 Å². The maximum Gasteiger partial charge on any atom is 0.333 e. The lowest BCUT2D eigenvalue weighted by atomic mass is 9.43. The topological polar surface area (TPSA) is 127 Å². The Bertz CT molecular complexity index is 1140. The van der Waals surface area contributed by atoms with Gasteiger partial charge in [-0.1, -0.05) is 44.7 Å². The molecule has 0 bridgehead atoms. The van der Waals surface area contributed by atoms with Crippen molar-refractivity contribution in [2.45, 2.75) is 85.0 Å². The Morgan fingerprint density at radius 2 is 1.76 bits per heavy atom. The van der Waals surface area contributed by atoms with Gasteiger partial charge in [-0.2, -0.15) is 0 Å². The molecular formula is C30H40O8. The van der Waals surface area contributed by atoms with Crippen LogP contribution in [0.15, 0.2) is 47.6 Å². The highest BCUT2D eigenvalue weighted by molar-refractivity contribution is 6.03. The van der Waals surface area contributed by atoms with Crippen LogP contribution in [0.3, 0.4) is 0 Å². The van der Waals surface area contributed by atoms with Gasteiger partial charge in [-0.25, -0.2) is 4.79 Å². The summed E-state index contributed by atoms with van der Waals surface area (Å²) >= 11 is 0. The molecular weight excluding hydrogens is 488 g/mol. The fourth-order valence-corrected chi connectivity index (χ4v) is 6.58. The van der Waals surface area contributed by atoms with E-state index in [2.05, 4.69) is 13.2 Å². The van der Waals surface area contributed by atoms with E-state index in [4.69, 9.17) is 9.47 Å². The third-order valence-corrected chi connectivity index (χ3v) is 9.36. The second-order valence-corrected chi connectivity index (χ2v) is 11.5. The summed E-state index contributed by atoms with van der Waals surface area (Å²) in [7, 11) is 0. The normalized spacial score (nSPS) is 37.0. The molecule has 0 spiro atoms. The Labute approximate surface area is 224 Å². The van der Waals surface area contributed by atoms with Crippen LogP contribution in [0.25, 0.3) is 0 Å². The van der Waals surface area contributed by atoms with Gasteiger partial charge in [-0.15, -0.1) is 0 Å². The first-order valence-electron chi connectivity index (χ1n) is 13.1. The van der Waals surface area contributed by atoms with E-state index < -0.39 is 64.6 Å². The van der Waals surface area contributed by atoms with Gasteiger partial charge >= 0.3 is 11.9 Å². The summed E-state index contributed by atoms with van der Waals surface area (Å²) in [5, 5.41) is 22.8. The number of aliphatic hydroxyl groups is 2. The summed E-state index contributed by atoms with van der Waals surface area (Å²) in [5.74, 6) is -3.24. The molecule has 8 heteroatoms. The highest BCUT2D eigenvalue weighted by Crippen LogP contribution is 2.64. The zero-order valence-electron chi connectivity index (χ0n) is 23.3. The number of ketones is 2. The fraction of sp³-hybridized carbons (Fsp3) is 0.600. The van der Waals surface area contributed by atoms with E-state index in [0.29, 0.717) is 29.6 Å². The minimum atomic E-state index is -1.84. The van der Waals surface area contributed by atoms with Crippen molar-refractivity contribution in [2.75, 3.05) is 6.61 Å². The monoisotopic (exact) mass is 528 g/mol. The lowest BCUT2D eigenvalue weighted by Gasteiger charge is -2.60. The van der Waals surface area contributed by atoms with E-state index in [1.807, 2.05) is 0 Å². The second kappa shape index (κ2) is 10.4. The Kier molecular flexibility index (Phi) is 8.11. The predicted octanol–water partition coefficient (Wildman–Crippen LogP) is 3.56. The van der Waals surface area contributed by atoms with Crippen LogP contribution in [0.2, 0.25) is 0 Å². The number of Topliss-reactive ketones (excluding diaryl/α,β-unsaturated/α-hetero) is 2. The van der Waals surface area contributed by atoms with Gasteiger partial charge in [0, 0.05) is 22.3 Å². The number of fused-ring (bicyclic) bond motifs is 1. The molecule has 38 heavy (non-hydrogen) atoms. The van der Waals surface area contributed by atoms with Gasteiger partial charge in [0.25, 0.3) is 0 Å². The molecule has 1 aliphatic heterocycles. The van der Waals surface area contributed by atoms with E-state index in [0.717, 1.165) is 0 Å². The Morgan fingerprint density at radius 1 is 1.16 bits per heavy atom. The van der Waals surface area contributed by atoms with Crippen LogP contribution >= 0.6 is 0 Å². The molecule has 3 aliphatic rings. The summed E-state index contributed by atoms with van der Waals surface area (Å²) in [5.41, 5.74) is -2.63. The molecule has 3 rings (SSSR count). The molecule has 0 aromatic heterocycles. The zero-order valence-corrected chi connectivity index (χ0v) is 23.3. The third-order valence-electron chi connectivity index (χ3n) is 9.36. The highest BCUT2D eigenvalue weighted by Gasteiger charge is 2.66. The SMILES string of the molecule is C=C1CC[C@@H](C(=O)/C(C)=C/C)[C@H]2[C@@]1(C)[C@@H](O)C(=O)C(=C)[C@]2(C)C[C@@H](OC(=O)/C(C)=C/C)[C@]1(O)COC(=O)C1. The van der Waals surface area contributed by atoms with Crippen LogP contribution in [0, 0.1) is 22.7 Å². The molecule has 3 fully saturated rings. The van der Waals surface area contributed by atoms with Gasteiger partial charge < -0.3 is 19.7 Å². The van der Waals surface area contributed by atoms with Crippen molar-refractivity contribution in [3.8, 4) is 0 Å². The predicted molar refractivity (Wildman–Crippen MR) is 141 cm³/mol. The van der Waals surface area contributed by atoms with Crippen LogP contribution < -0.4 is 0 Å². The molecule has 0 aromatic rings. The molecule has 1 saturated heterocycles. The van der Waals surface area contributed by atoms with Crippen molar-refractivity contribution < 1.29 is 38.9 Å². The number of rotatable bonds is 7. The van der Waals surface area contributed by atoms with Crippen LogP contribution in [0.4, 0.5) is 0 Å². The summed E-state index contributed by atoms with van der Waals surface area (Å²) in [4.78, 5) is 52.1. The molecule has 2 saturated carbocycles. The molecule has 0 amide bonds. The van der Waals surface area contributed by atoms with Crippen LogP contribution in [-0.2, 0) is 28.7 Å². The summed E-state index contributed by atoms with van der Waals surface area (Å²) < 4.78 is 10.9. The molecule has 8 nitrogen and oxygen atoms in total. The number of hydrogen-bond acceptors (Lipinski definition) is 8. The molecule has 7 atom stereocenters. The second-order valence-electron chi connectivity index (χ2n) is 11.5. The average molecular weight is 529 g/mol. The van der Waals surface area contributed by atoms with E-state index in [1.54, 1.807) is 53.7 Å². The third kappa shape index (κ3) is 4.62. The zero-order chi connectivity index (χ0) is 28.8. The maximum atomic E-state index is 13.7. The summed E-state index contributed by atoms with van der Waals surface area (Å²) in [6.07, 6.45) is 0.984. The van der Waals surface area contributed by atoms with Gasteiger partial charge in [0.05, 0.1) is 6.42 Å². The van der Waals surface area contributed by atoms with Crippen molar-refractivity contribution >= 4 is 23.5 Å².